The highest BCUT2D eigenvalue weighted by atomic mass is 16.5. The summed E-state index contributed by atoms with van der Waals surface area (Å²) in [5.74, 6) is 0.0792. The maximum absolute atomic E-state index is 12.2. The third-order valence-corrected chi connectivity index (χ3v) is 3.26. The fraction of sp³-hybridized carbons (Fsp3) is 0.294. The molecule has 0 radical (unpaired) electrons. The molecule has 6 heteroatoms. The summed E-state index contributed by atoms with van der Waals surface area (Å²) in [6, 6.07) is 9.97. The van der Waals surface area contributed by atoms with Crippen molar-refractivity contribution in [3.63, 3.8) is 0 Å². The van der Waals surface area contributed by atoms with E-state index in [4.69, 9.17) is 9.15 Å². The number of rotatable bonds is 7. The first-order valence-corrected chi connectivity index (χ1v) is 7.29. The largest absolute Gasteiger partial charge is 0.467 e. The van der Waals surface area contributed by atoms with Crippen LogP contribution in [0.3, 0.4) is 0 Å². The Bertz CT molecular complexity index is 652. The summed E-state index contributed by atoms with van der Waals surface area (Å²) in [5.41, 5.74) is 1.39. The van der Waals surface area contributed by atoms with Crippen LogP contribution in [0.5, 0.6) is 0 Å². The minimum atomic E-state index is -0.649. The molecule has 0 spiro atoms. The zero-order chi connectivity index (χ0) is 16.7. The molecule has 23 heavy (non-hydrogen) atoms. The van der Waals surface area contributed by atoms with Gasteiger partial charge in [0.1, 0.15) is 11.8 Å². The fourth-order valence-electron chi connectivity index (χ4n) is 2.06. The van der Waals surface area contributed by atoms with E-state index in [2.05, 4.69) is 10.6 Å². The lowest BCUT2D eigenvalue weighted by Crippen LogP contribution is -2.44. The first-order valence-electron chi connectivity index (χ1n) is 7.29. The van der Waals surface area contributed by atoms with Gasteiger partial charge in [0.2, 0.25) is 5.91 Å². The van der Waals surface area contributed by atoms with E-state index < -0.39 is 6.04 Å². The summed E-state index contributed by atoms with van der Waals surface area (Å²) in [6.07, 6.45) is 1.54. The van der Waals surface area contributed by atoms with Gasteiger partial charge in [-0.25, -0.2) is 0 Å². The number of hydrogen-bond acceptors (Lipinski definition) is 4. The molecule has 122 valence electrons. The van der Waals surface area contributed by atoms with Crippen LogP contribution >= 0.6 is 0 Å². The van der Waals surface area contributed by atoms with Crippen LogP contribution in [0.2, 0.25) is 0 Å². The Morgan fingerprint density at radius 2 is 2.09 bits per heavy atom. The number of benzene rings is 1. The highest BCUT2D eigenvalue weighted by Crippen LogP contribution is 2.07. The molecule has 0 saturated carbocycles. The van der Waals surface area contributed by atoms with Crippen LogP contribution in [-0.2, 0) is 22.7 Å². The lowest BCUT2D eigenvalue weighted by molar-refractivity contribution is -0.122. The highest BCUT2D eigenvalue weighted by Gasteiger charge is 2.16. The SMILES string of the molecule is COCc1cccc(C(=O)N[C@@H](C)C(=O)NCc2ccco2)c1. The molecule has 1 aromatic heterocycles. The lowest BCUT2D eigenvalue weighted by atomic mass is 10.1. The van der Waals surface area contributed by atoms with E-state index in [0.717, 1.165) is 5.56 Å². The molecule has 6 nitrogen and oxygen atoms in total. The van der Waals surface area contributed by atoms with Gasteiger partial charge in [-0.05, 0) is 36.8 Å². The molecule has 1 atom stereocenters. The first-order chi connectivity index (χ1) is 11.1. The molecule has 0 saturated heterocycles. The maximum atomic E-state index is 12.2. The minimum Gasteiger partial charge on any atom is -0.467 e. The summed E-state index contributed by atoms with van der Waals surface area (Å²) < 4.78 is 10.2. The number of carbonyl (C=O) groups is 2. The number of amides is 2. The van der Waals surface area contributed by atoms with E-state index in [-0.39, 0.29) is 18.4 Å². The van der Waals surface area contributed by atoms with Crippen molar-refractivity contribution in [3.05, 3.63) is 59.5 Å². The van der Waals surface area contributed by atoms with Gasteiger partial charge in [0, 0.05) is 12.7 Å². The van der Waals surface area contributed by atoms with E-state index in [1.807, 2.05) is 6.07 Å². The van der Waals surface area contributed by atoms with Crippen LogP contribution in [-0.4, -0.2) is 25.0 Å². The monoisotopic (exact) mass is 316 g/mol. The number of furan rings is 1. The van der Waals surface area contributed by atoms with Crippen molar-refractivity contribution in [1.29, 1.82) is 0 Å². The molecule has 0 bridgehead atoms. The maximum Gasteiger partial charge on any atom is 0.251 e. The number of methoxy groups -OCH3 is 1. The Morgan fingerprint density at radius 3 is 2.78 bits per heavy atom. The van der Waals surface area contributed by atoms with Gasteiger partial charge in [-0.2, -0.15) is 0 Å². The Balaban J connectivity index is 1.88. The Labute approximate surface area is 134 Å². The van der Waals surface area contributed by atoms with Crippen molar-refractivity contribution < 1.29 is 18.7 Å². The normalized spacial score (nSPS) is 11.7. The number of nitrogens with one attached hydrogen (secondary N) is 2. The molecule has 0 fully saturated rings. The quantitative estimate of drug-likeness (QED) is 0.817. The molecule has 0 aliphatic heterocycles. The minimum absolute atomic E-state index is 0.275. The van der Waals surface area contributed by atoms with Gasteiger partial charge in [-0.15, -0.1) is 0 Å². The van der Waals surface area contributed by atoms with Gasteiger partial charge in [0.05, 0.1) is 19.4 Å². The third-order valence-electron chi connectivity index (χ3n) is 3.26. The van der Waals surface area contributed by atoms with Crippen LogP contribution < -0.4 is 10.6 Å². The number of hydrogen-bond donors (Lipinski definition) is 2. The van der Waals surface area contributed by atoms with Crippen molar-refractivity contribution in [2.24, 2.45) is 0 Å². The van der Waals surface area contributed by atoms with Gasteiger partial charge in [-0.3, -0.25) is 9.59 Å². The standard InChI is InChI=1S/C17H20N2O4/c1-12(16(20)18-10-15-7-4-8-23-15)19-17(21)14-6-3-5-13(9-14)11-22-2/h3-9,12H,10-11H2,1-2H3,(H,18,20)(H,19,21)/t12-/m0/s1. The van der Waals surface area contributed by atoms with Crippen molar-refractivity contribution in [2.75, 3.05) is 7.11 Å². The number of ether oxygens (including phenoxy) is 1. The van der Waals surface area contributed by atoms with Crippen LogP contribution in [0.4, 0.5) is 0 Å². The van der Waals surface area contributed by atoms with E-state index in [9.17, 15) is 9.59 Å². The topological polar surface area (TPSA) is 80.6 Å². The van der Waals surface area contributed by atoms with Crippen molar-refractivity contribution in [1.82, 2.24) is 10.6 Å². The second-order valence-corrected chi connectivity index (χ2v) is 5.13. The molecule has 0 aliphatic rings. The van der Waals surface area contributed by atoms with Gasteiger partial charge >= 0.3 is 0 Å². The summed E-state index contributed by atoms with van der Waals surface area (Å²) in [7, 11) is 1.60. The van der Waals surface area contributed by atoms with Gasteiger partial charge in [0.25, 0.3) is 5.91 Å². The average molecular weight is 316 g/mol. The Kier molecular flexibility index (Phi) is 5.94. The fourth-order valence-corrected chi connectivity index (χ4v) is 2.06. The second-order valence-electron chi connectivity index (χ2n) is 5.13. The smallest absolute Gasteiger partial charge is 0.251 e. The Morgan fingerprint density at radius 1 is 1.26 bits per heavy atom. The second kappa shape index (κ2) is 8.14. The predicted molar refractivity (Wildman–Crippen MR) is 84.6 cm³/mol. The molecule has 2 amide bonds. The first kappa shape index (κ1) is 16.8. The third kappa shape index (κ3) is 4.96. The molecule has 1 aromatic carbocycles. The van der Waals surface area contributed by atoms with Crippen LogP contribution in [0.15, 0.2) is 47.1 Å². The van der Waals surface area contributed by atoms with Gasteiger partial charge in [-0.1, -0.05) is 12.1 Å². The molecule has 2 aromatic rings. The molecular formula is C17H20N2O4. The van der Waals surface area contributed by atoms with E-state index >= 15 is 0 Å². The van der Waals surface area contributed by atoms with Crippen molar-refractivity contribution in [3.8, 4) is 0 Å². The molecule has 0 aliphatic carbocycles. The van der Waals surface area contributed by atoms with Crippen LogP contribution in [0.25, 0.3) is 0 Å². The van der Waals surface area contributed by atoms with Crippen LogP contribution in [0.1, 0.15) is 28.6 Å². The van der Waals surface area contributed by atoms with E-state index in [1.54, 1.807) is 50.6 Å². The van der Waals surface area contributed by atoms with E-state index in [1.165, 1.54) is 0 Å². The summed E-state index contributed by atoms with van der Waals surface area (Å²) in [4.78, 5) is 24.2. The summed E-state index contributed by atoms with van der Waals surface area (Å²) in [6.45, 7) is 2.35. The highest BCUT2D eigenvalue weighted by molar-refractivity contribution is 5.97. The van der Waals surface area contributed by atoms with E-state index in [0.29, 0.717) is 17.9 Å². The number of carbonyl (C=O) groups excluding carboxylic acids is 2. The van der Waals surface area contributed by atoms with Gasteiger partial charge in [0.15, 0.2) is 0 Å². The average Bonchev–Trinajstić information content (AvgIpc) is 3.06. The van der Waals surface area contributed by atoms with Gasteiger partial charge < -0.3 is 19.8 Å². The van der Waals surface area contributed by atoms with Crippen molar-refractivity contribution in [2.45, 2.75) is 26.1 Å². The van der Waals surface area contributed by atoms with Crippen LogP contribution in [0, 0.1) is 0 Å². The zero-order valence-corrected chi connectivity index (χ0v) is 13.2. The molecule has 2 N–H and O–H groups in total. The predicted octanol–water partition coefficient (Wildman–Crippen LogP) is 1.86. The molecular weight excluding hydrogens is 296 g/mol. The Hall–Kier alpha value is -2.60. The molecule has 0 unspecified atom stereocenters. The summed E-state index contributed by atoms with van der Waals surface area (Å²) in [5, 5.41) is 5.38. The molecule has 1 heterocycles. The lowest BCUT2D eigenvalue weighted by Gasteiger charge is -2.14. The zero-order valence-electron chi connectivity index (χ0n) is 13.2. The molecule has 2 rings (SSSR count). The van der Waals surface area contributed by atoms with Crippen molar-refractivity contribution >= 4 is 11.8 Å². The summed E-state index contributed by atoms with van der Waals surface area (Å²) >= 11 is 0.